The number of hydrogen-bond donors (Lipinski definition) is 1. The summed E-state index contributed by atoms with van der Waals surface area (Å²) in [6.45, 7) is 1.98. The van der Waals surface area contributed by atoms with Crippen LogP contribution >= 0.6 is 0 Å². The molecule has 5 nitrogen and oxygen atoms in total. The van der Waals surface area contributed by atoms with Crippen molar-refractivity contribution in [3.05, 3.63) is 30.3 Å². The van der Waals surface area contributed by atoms with Gasteiger partial charge in [-0.2, -0.15) is 0 Å². The van der Waals surface area contributed by atoms with Gasteiger partial charge in [-0.05, 0) is 32.6 Å². The van der Waals surface area contributed by atoms with Gasteiger partial charge < -0.3 is 19.6 Å². The molecule has 1 saturated heterocycles. The van der Waals surface area contributed by atoms with E-state index >= 15 is 0 Å². The van der Waals surface area contributed by atoms with Gasteiger partial charge in [-0.3, -0.25) is 4.79 Å². The van der Waals surface area contributed by atoms with Crippen LogP contribution in [0.1, 0.15) is 12.8 Å². The molecular weight excluding hydrogens is 268 g/mol. The standard InChI is InChI=1S/C16H24N2O3/c1-17(2)12-16(20)9-10-18(13-16)15(19)8-11-21-14-6-4-3-5-7-14/h3-7,20H,8-13H2,1-2H3/t16-/m0/s1. The molecule has 0 spiro atoms. The van der Waals surface area contributed by atoms with E-state index < -0.39 is 5.60 Å². The number of para-hydroxylation sites is 1. The molecule has 0 radical (unpaired) electrons. The summed E-state index contributed by atoms with van der Waals surface area (Å²) >= 11 is 0. The van der Waals surface area contributed by atoms with Gasteiger partial charge in [-0.25, -0.2) is 0 Å². The zero-order chi connectivity index (χ0) is 15.3. The van der Waals surface area contributed by atoms with E-state index in [-0.39, 0.29) is 5.91 Å². The number of amides is 1. The molecular formula is C16H24N2O3. The summed E-state index contributed by atoms with van der Waals surface area (Å²) in [5.74, 6) is 0.816. The lowest BCUT2D eigenvalue weighted by molar-refractivity contribution is -0.131. The van der Waals surface area contributed by atoms with Crippen LogP contribution in [0.4, 0.5) is 0 Å². The van der Waals surface area contributed by atoms with E-state index in [0.29, 0.717) is 39.1 Å². The summed E-state index contributed by atoms with van der Waals surface area (Å²) in [5, 5.41) is 10.4. The molecule has 1 fully saturated rings. The molecule has 1 heterocycles. The molecule has 1 atom stereocenters. The third-order valence-corrected chi connectivity index (χ3v) is 3.62. The highest BCUT2D eigenvalue weighted by Gasteiger charge is 2.38. The molecule has 0 aromatic heterocycles. The van der Waals surface area contributed by atoms with Crippen molar-refractivity contribution in [1.29, 1.82) is 0 Å². The molecule has 5 heteroatoms. The summed E-state index contributed by atoms with van der Waals surface area (Å²) < 4.78 is 5.53. The lowest BCUT2D eigenvalue weighted by Gasteiger charge is -2.26. The molecule has 1 aromatic carbocycles. The quantitative estimate of drug-likeness (QED) is 0.849. The molecule has 21 heavy (non-hydrogen) atoms. The fourth-order valence-electron chi connectivity index (χ4n) is 2.72. The topological polar surface area (TPSA) is 53.0 Å². The zero-order valence-corrected chi connectivity index (χ0v) is 12.8. The largest absolute Gasteiger partial charge is 0.493 e. The number of carbonyl (C=O) groups is 1. The maximum atomic E-state index is 12.1. The Bertz CT molecular complexity index is 464. The summed E-state index contributed by atoms with van der Waals surface area (Å²) in [6.07, 6.45) is 0.976. The number of nitrogens with zero attached hydrogens (tertiary/aromatic N) is 2. The SMILES string of the molecule is CN(C)C[C@@]1(O)CCN(C(=O)CCOc2ccccc2)C1. The van der Waals surface area contributed by atoms with Crippen molar-refractivity contribution in [1.82, 2.24) is 9.80 Å². The van der Waals surface area contributed by atoms with Crippen LogP contribution in [0, 0.1) is 0 Å². The Morgan fingerprint density at radius 1 is 1.38 bits per heavy atom. The molecule has 0 saturated carbocycles. The first kappa shape index (κ1) is 15.8. The zero-order valence-electron chi connectivity index (χ0n) is 12.8. The van der Waals surface area contributed by atoms with E-state index in [0.717, 1.165) is 5.75 Å². The third-order valence-electron chi connectivity index (χ3n) is 3.62. The second kappa shape index (κ2) is 6.91. The predicted molar refractivity (Wildman–Crippen MR) is 81.3 cm³/mol. The average molecular weight is 292 g/mol. The van der Waals surface area contributed by atoms with Crippen LogP contribution in [0.3, 0.4) is 0 Å². The maximum absolute atomic E-state index is 12.1. The first-order chi connectivity index (χ1) is 9.98. The van der Waals surface area contributed by atoms with Crippen molar-refractivity contribution in [2.75, 3.05) is 40.3 Å². The Morgan fingerprint density at radius 3 is 2.76 bits per heavy atom. The molecule has 0 bridgehead atoms. The number of carbonyl (C=O) groups excluding carboxylic acids is 1. The molecule has 1 amide bonds. The number of aliphatic hydroxyl groups is 1. The fraction of sp³-hybridized carbons (Fsp3) is 0.562. The highest BCUT2D eigenvalue weighted by molar-refractivity contribution is 5.76. The summed E-state index contributed by atoms with van der Waals surface area (Å²) in [7, 11) is 3.85. The van der Waals surface area contributed by atoms with Crippen molar-refractivity contribution >= 4 is 5.91 Å². The van der Waals surface area contributed by atoms with Crippen molar-refractivity contribution in [3.63, 3.8) is 0 Å². The van der Waals surface area contributed by atoms with Gasteiger partial charge in [0.05, 0.1) is 25.2 Å². The fourth-order valence-corrected chi connectivity index (χ4v) is 2.72. The monoisotopic (exact) mass is 292 g/mol. The number of rotatable bonds is 6. The number of ether oxygens (including phenoxy) is 1. The van der Waals surface area contributed by atoms with Gasteiger partial charge in [0.25, 0.3) is 0 Å². The van der Waals surface area contributed by atoms with E-state index in [9.17, 15) is 9.90 Å². The van der Waals surface area contributed by atoms with Crippen LogP contribution in [0.25, 0.3) is 0 Å². The van der Waals surface area contributed by atoms with E-state index in [4.69, 9.17) is 4.74 Å². The molecule has 1 N–H and O–H groups in total. The molecule has 1 aromatic rings. The molecule has 116 valence electrons. The highest BCUT2D eigenvalue weighted by atomic mass is 16.5. The lowest BCUT2D eigenvalue weighted by Crippen LogP contribution is -2.43. The van der Waals surface area contributed by atoms with E-state index in [1.54, 1.807) is 4.90 Å². The number of likely N-dealkylation sites (tertiary alicyclic amines) is 1. The Labute approximate surface area is 126 Å². The van der Waals surface area contributed by atoms with Crippen molar-refractivity contribution in [2.45, 2.75) is 18.4 Å². The Morgan fingerprint density at radius 2 is 2.10 bits per heavy atom. The second-order valence-electron chi connectivity index (χ2n) is 5.94. The van der Waals surface area contributed by atoms with E-state index in [1.165, 1.54) is 0 Å². The van der Waals surface area contributed by atoms with Gasteiger partial charge in [0, 0.05) is 13.1 Å². The summed E-state index contributed by atoms with van der Waals surface area (Å²) in [4.78, 5) is 15.8. The van der Waals surface area contributed by atoms with Crippen LogP contribution in [-0.2, 0) is 4.79 Å². The van der Waals surface area contributed by atoms with Gasteiger partial charge >= 0.3 is 0 Å². The number of hydrogen-bond acceptors (Lipinski definition) is 4. The summed E-state index contributed by atoms with van der Waals surface area (Å²) in [5.41, 5.74) is -0.778. The van der Waals surface area contributed by atoms with Gasteiger partial charge in [-0.15, -0.1) is 0 Å². The smallest absolute Gasteiger partial charge is 0.226 e. The normalized spacial score (nSPS) is 21.8. The van der Waals surface area contributed by atoms with Gasteiger partial charge in [0.15, 0.2) is 0 Å². The lowest BCUT2D eigenvalue weighted by atomic mass is 10.0. The van der Waals surface area contributed by atoms with Gasteiger partial charge in [0.1, 0.15) is 5.75 Å². The summed E-state index contributed by atoms with van der Waals surface area (Å²) in [6, 6.07) is 9.47. The van der Waals surface area contributed by atoms with E-state index in [2.05, 4.69) is 0 Å². The Balaban J connectivity index is 1.74. The minimum atomic E-state index is -0.778. The first-order valence-corrected chi connectivity index (χ1v) is 7.31. The third kappa shape index (κ3) is 4.72. The predicted octanol–water partition coefficient (Wildman–Crippen LogP) is 0.980. The van der Waals surface area contributed by atoms with Gasteiger partial charge in [-0.1, -0.05) is 18.2 Å². The Hall–Kier alpha value is -1.59. The minimum absolute atomic E-state index is 0.0422. The maximum Gasteiger partial charge on any atom is 0.226 e. The minimum Gasteiger partial charge on any atom is -0.493 e. The first-order valence-electron chi connectivity index (χ1n) is 7.31. The van der Waals surface area contributed by atoms with Crippen molar-refractivity contribution < 1.29 is 14.6 Å². The average Bonchev–Trinajstić information content (AvgIpc) is 2.81. The van der Waals surface area contributed by atoms with Crippen molar-refractivity contribution in [2.24, 2.45) is 0 Å². The molecule has 2 rings (SSSR count). The highest BCUT2D eigenvalue weighted by Crippen LogP contribution is 2.22. The van der Waals surface area contributed by atoms with E-state index in [1.807, 2.05) is 49.3 Å². The molecule has 1 aliphatic rings. The molecule has 1 aliphatic heterocycles. The van der Waals surface area contributed by atoms with Crippen LogP contribution < -0.4 is 4.74 Å². The Kier molecular flexibility index (Phi) is 5.20. The van der Waals surface area contributed by atoms with Crippen LogP contribution in [0.15, 0.2) is 30.3 Å². The number of likely N-dealkylation sites (N-methyl/N-ethyl adjacent to an activating group) is 1. The second-order valence-corrected chi connectivity index (χ2v) is 5.94. The van der Waals surface area contributed by atoms with Gasteiger partial charge in [0.2, 0.25) is 5.91 Å². The number of benzene rings is 1. The van der Waals surface area contributed by atoms with Crippen molar-refractivity contribution in [3.8, 4) is 5.75 Å². The number of β-amino-alcohol motifs (C(OH)–C–C–N with tert-alkyl or cyclic N) is 1. The van der Waals surface area contributed by atoms with Crippen LogP contribution in [-0.4, -0.2) is 66.8 Å². The molecule has 0 aliphatic carbocycles. The molecule has 0 unspecified atom stereocenters. The van der Waals surface area contributed by atoms with Crippen LogP contribution in [0.5, 0.6) is 5.75 Å². The van der Waals surface area contributed by atoms with Crippen LogP contribution in [0.2, 0.25) is 0 Å².